The first-order valence-electron chi connectivity index (χ1n) is 12.0. The summed E-state index contributed by atoms with van der Waals surface area (Å²) in [5.41, 5.74) is 3.50. The number of rotatable bonds is 6. The zero-order valence-corrected chi connectivity index (χ0v) is 22.4. The Morgan fingerprint density at radius 1 is 0.658 bits per heavy atom. The predicted octanol–water partition coefficient (Wildman–Crippen LogP) is 3.55. The van der Waals surface area contributed by atoms with Crippen LogP contribution in [0.4, 0.5) is 0 Å². The molecule has 0 amide bonds. The second kappa shape index (κ2) is 10.8. The highest BCUT2D eigenvalue weighted by Gasteiger charge is 2.16. The lowest BCUT2D eigenvalue weighted by molar-refractivity contribution is 0.141. The van der Waals surface area contributed by atoms with Gasteiger partial charge in [-0.2, -0.15) is 10.2 Å². The van der Waals surface area contributed by atoms with E-state index in [4.69, 9.17) is 23.2 Å². The number of nitrogens with zero attached hydrogens (tertiary/aromatic N) is 6. The van der Waals surface area contributed by atoms with Gasteiger partial charge in [-0.15, -0.1) is 0 Å². The first-order valence-corrected chi connectivity index (χ1v) is 12.8. The summed E-state index contributed by atoms with van der Waals surface area (Å²) < 4.78 is 2.95. The number of hydrazone groups is 2. The van der Waals surface area contributed by atoms with E-state index in [9.17, 15) is 9.59 Å². The topological polar surface area (TPSA) is 107 Å². The maximum atomic E-state index is 12.9. The van der Waals surface area contributed by atoms with Gasteiger partial charge in [-0.05, 0) is 62.4 Å². The highest BCUT2D eigenvalue weighted by atomic mass is 35.5. The molecule has 196 valence electrons. The van der Waals surface area contributed by atoms with E-state index in [1.807, 2.05) is 23.9 Å². The van der Waals surface area contributed by atoms with Gasteiger partial charge in [-0.3, -0.25) is 29.8 Å². The van der Waals surface area contributed by atoms with Crippen molar-refractivity contribution in [3.63, 3.8) is 0 Å². The van der Waals surface area contributed by atoms with Crippen LogP contribution in [0, 0.1) is 13.8 Å². The molecule has 2 aromatic heterocycles. The molecule has 4 aromatic rings. The monoisotopic (exact) mass is 552 g/mol. The third-order valence-electron chi connectivity index (χ3n) is 6.34. The van der Waals surface area contributed by atoms with Crippen LogP contribution in [0.25, 0.3) is 11.4 Å². The fourth-order valence-corrected chi connectivity index (χ4v) is 4.41. The van der Waals surface area contributed by atoms with Crippen molar-refractivity contribution in [1.82, 2.24) is 29.6 Å². The highest BCUT2D eigenvalue weighted by molar-refractivity contribution is 6.30. The second-order valence-electron chi connectivity index (χ2n) is 8.93. The molecule has 12 heteroatoms. The zero-order chi connectivity index (χ0) is 26.8. The molecule has 0 aliphatic carbocycles. The second-order valence-corrected chi connectivity index (χ2v) is 9.80. The van der Waals surface area contributed by atoms with Gasteiger partial charge in [0.25, 0.3) is 11.1 Å². The van der Waals surface area contributed by atoms with Gasteiger partial charge in [0.2, 0.25) is 0 Å². The van der Waals surface area contributed by atoms with Crippen LogP contribution in [0.15, 0.2) is 68.3 Å². The Morgan fingerprint density at radius 2 is 1.00 bits per heavy atom. The van der Waals surface area contributed by atoms with E-state index in [2.05, 4.69) is 20.4 Å². The number of halogens is 2. The van der Waals surface area contributed by atoms with E-state index in [-0.39, 0.29) is 11.1 Å². The molecule has 1 saturated heterocycles. The van der Waals surface area contributed by atoms with Crippen LogP contribution < -0.4 is 11.1 Å². The number of aryl methyl sites for hydroxylation is 2. The lowest BCUT2D eigenvalue weighted by Crippen LogP contribution is -2.41. The summed E-state index contributed by atoms with van der Waals surface area (Å²) in [6.45, 7) is 6.19. The first kappa shape index (κ1) is 25.6. The molecule has 2 N–H and O–H groups in total. The van der Waals surface area contributed by atoms with E-state index in [1.54, 1.807) is 61.0 Å². The molecule has 0 radical (unpaired) electrons. The minimum atomic E-state index is -0.178. The normalized spacial score (nSPS) is 14.3. The summed E-state index contributed by atoms with van der Waals surface area (Å²) in [5.74, 6) is 0. The largest absolute Gasteiger partial charge is 0.295 e. The van der Waals surface area contributed by atoms with E-state index >= 15 is 0 Å². The number of H-pyrrole nitrogens is 2. The molecule has 0 spiro atoms. The smallest absolute Gasteiger partial charge is 0.280 e. The Hall–Kier alpha value is -4.02. The summed E-state index contributed by atoms with van der Waals surface area (Å²) in [5, 5.41) is 20.2. The number of aromatic amines is 2. The summed E-state index contributed by atoms with van der Waals surface area (Å²) >= 11 is 11.9. The third-order valence-corrected chi connectivity index (χ3v) is 6.84. The molecular weight excluding hydrogens is 527 g/mol. The minimum absolute atomic E-state index is 0.178. The number of piperazine rings is 1. The lowest BCUT2D eigenvalue weighted by atomic mass is 10.3. The van der Waals surface area contributed by atoms with Crippen LogP contribution in [0.3, 0.4) is 0 Å². The van der Waals surface area contributed by atoms with Crippen LogP contribution in [-0.4, -0.2) is 68.2 Å². The molecule has 0 saturated carbocycles. The van der Waals surface area contributed by atoms with Crippen LogP contribution in [-0.2, 0) is 0 Å². The molecule has 10 nitrogen and oxygen atoms in total. The van der Waals surface area contributed by atoms with E-state index in [0.717, 1.165) is 11.4 Å². The van der Waals surface area contributed by atoms with Crippen molar-refractivity contribution in [2.45, 2.75) is 13.8 Å². The van der Waals surface area contributed by atoms with Crippen molar-refractivity contribution >= 4 is 35.6 Å². The Balaban J connectivity index is 1.22. The van der Waals surface area contributed by atoms with Crippen molar-refractivity contribution in [3.8, 4) is 11.4 Å². The molecule has 38 heavy (non-hydrogen) atoms. The van der Waals surface area contributed by atoms with Crippen LogP contribution >= 0.6 is 23.2 Å². The number of hydrogen-bond acceptors (Lipinski definition) is 6. The predicted molar refractivity (Wildman–Crippen MR) is 151 cm³/mol. The van der Waals surface area contributed by atoms with Crippen LogP contribution in [0.5, 0.6) is 0 Å². The van der Waals surface area contributed by atoms with Crippen molar-refractivity contribution in [2.24, 2.45) is 10.2 Å². The Kier molecular flexibility index (Phi) is 7.26. The van der Waals surface area contributed by atoms with Crippen molar-refractivity contribution in [2.75, 3.05) is 26.2 Å². The molecule has 3 heterocycles. The van der Waals surface area contributed by atoms with Gasteiger partial charge in [-0.25, -0.2) is 9.36 Å². The van der Waals surface area contributed by atoms with Gasteiger partial charge in [0, 0.05) is 21.4 Å². The molecule has 0 bridgehead atoms. The van der Waals surface area contributed by atoms with Crippen LogP contribution in [0.1, 0.15) is 22.5 Å². The zero-order valence-electron chi connectivity index (χ0n) is 20.9. The average Bonchev–Trinajstić information content (AvgIpc) is 3.36. The summed E-state index contributed by atoms with van der Waals surface area (Å²) in [6, 6.07) is 14.1. The van der Waals surface area contributed by atoms with E-state index in [1.165, 1.54) is 9.36 Å². The lowest BCUT2D eigenvalue weighted by Gasteiger charge is -2.30. The quantitative estimate of drug-likeness (QED) is 0.356. The molecule has 1 aliphatic heterocycles. The SMILES string of the molecule is Cc1[nH]n(-c2ccc(Cl)cc2)c(=O)c1C=NN1CCN(N=Cc2c(C)[nH]n(-c3ccc(Cl)cc3)c2=O)CC1. The molecule has 1 aliphatic rings. The maximum Gasteiger partial charge on any atom is 0.280 e. The van der Waals surface area contributed by atoms with Gasteiger partial charge >= 0.3 is 0 Å². The average molecular weight is 553 g/mol. The number of aromatic nitrogens is 4. The summed E-state index contributed by atoms with van der Waals surface area (Å²) in [7, 11) is 0. The van der Waals surface area contributed by atoms with Gasteiger partial charge in [-0.1, -0.05) is 23.2 Å². The number of hydrogen-bond donors (Lipinski definition) is 2. The Bertz CT molecular complexity index is 1480. The summed E-state index contributed by atoms with van der Waals surface area (Å²) in [6.07, 6.45) is 3.20. The third kappa shape index (κ3) is 5.32. The van der Waals surface area contributed by atoms with Crippen molar-refractivity contribution < 1.29 is 0 Å². The molecule has 1 fully saturated rings. The maximum absolute atomic E-state index is 12.9. The first-order chi connectivity index (χ1) is 18.3. The van der Waals surface area contributed by atoms with Crippen molar-refractivity contribution in [1.29, 1.82) is 0 Å². The molecule has 0 unspecified atom stereocenters. The van der Waals surface area contributed by atoms with Gasteiger partial charge in [0.05, 0.1) is 61.1 Å². The Labute approximate surface area is 228 Å². The fraction of sp³-hybridized carbons (Fsp3) is 0.231. The van der Waals surface area contributed by atoms with Crippen LogP contribution in [0.2, 0.25) is 10.0 Å². The Morgan fingerprint density at radius 3 is 1.34 bits per heavy atom. The standard InChI is InChI=1S/C26H26Cl2N8O2/c1-17-23(25(37)35(31-17)21-7-3-19(27)4-8-21)15-29-33-11-13-34(14-12-33)30-16-24-18(2)32-36(26(24)38)22-9-5-20(28)6-10-22/h3-10,15-16,31-32H,11-14H2,1-2H3. The highest BCUT2D eigenvalue weighted by Crippen LogP contribution is 2.14. The molecule has 0 atom stereocenters. The minimum Gasteiger partial charge on any atom is -0.295 e. The molecular formula is C26H26Cl2N8O2. The molecule has 2 aromatic carbocycles. The van der Waals surface area contributed by atoms with Gasteiger partial charge < -0.3 is 0 Å². The van der Waals surface area contributed by atoms with E-state index < -0.39 is 0 Å². The van der Waals surface area contributed by atoms with E-state index in [0.29, 0.717) is 58.7 Å². The summed E-state index contributed by atoms with van der Waals surface area (Å²) in [4.78, 5) is 25.8. The molecule has 5 rings (SSSR count). The fourth-order valence-electron chi connectivity index (χ4n) is 4.16. The number of benzene rings is 2. The number of nitrogens with one attached hydrogen (secondary N) is 2. The van der Waals surface area contributed by atoms with Crippen molar-refractivity contribution in [3.05, 3.63) is 102 Å². The van der Waals surface area contributed by atoms with Gasteiger partial charge in [0.15, 0.2) is 0 Å². The van der Waals surface area contributed by atoms with Gasteiger partial charge in [0.1, 0.15) is 0 Å².